The van der Waals surface area contributed by atoms with Gasteiger partial charge in [0.05, 0.1) is 15.6 Å². The number of carbonyl (C=O) groups excluding carboxylic acids is 1. The number of nitrogens with zero attached hydrogens (tertiary/aromatic N) is 6. The Morgan fingerprint density at radius 1 is 0.535 bits per heavy atom. The smallest absolute Gasteiger partial charge is 0.171 e. The van der Waals surface area contributed by atoms with Crippen LogP contribution in [0.15, 0.2) is 158 Å². The average Bonchev–Trinajstić information content (AvgIpc) is 1.67. The van der Waals surface area contributed by atoms with Crippen LogP contribution in [0, 0.1) is 15.4 Å². The fourth-order valence-corrected chi connectivity index (χ4v) is 30.4. The molecule has 13 heteroatoms. The molecule has 0 saturated heterocycles. The van der Waals surface area contributed by atoms with Gasteiger partial charge in [0.15, 0.2) is 16.5 Å². The summed E-state index contributed by atoms with van der Waals surface area (Å²) in [5, 5.41) is 15.9. The van der Waals surface area contributed by atoms with E-state index in [1.807, 2.05) is 6.92 Å². The molecule has 86 heavy (non-hydrogen) atoms. The zero-order valence-corrected chi connectivity index (χ0v) is 59.3. The van der Waals surface area contributed by atoms with Gasteiger partial charge in [-0.3, -0.25) is 9.80 Å². The summed E-state index contributed by atoms with van der Waals surface area (Å²) in [6, 6.07) is 48.0. The molecular weight excluding hydrogens is 1250 g/mol. The van der Waals surface area contributed by atoms with Crippen LogP contribution in [0.5, 0.6) is 0 Å². The molecule has 2 aliphatic carbocycles. The molecule has 0 bridgehead atoms. The van der Waals surface area contributed by atoms with E-state index >= 15 is 0 Å². The molecule has 2 saturated carbocycles. The number of aliphatic hydroxyl groups is 1. The van der Waals surface area contributed by atoms with Gasteiger partial charge in [-0.05, 0) is 154 Å². The summed E-state index contributed by atoms with van der Waals surface area (Å²) in [6.45, 7) is 34.2. The maximum atomic E-state index is 12.5. The zero-order valence-electron chi connectivity index (χ0n) is 53.6. The predicted molar refractivity (Wildman–Crippen MR) is 377 cm³/mol. The summed E-state index contributed by atoms with van der Waals surface area (Å²) >= 11 is 15.5. The molecule has 460 valence electrons. The van der Waals surface area contributed by atoms with Crippen molar-refractivity contribution in [3.63, 3.8) is 0 Å². The van der Waals surface area contributed by atoms with Crippen LogP contribution < -0.4 is 0 Å². The number of fused-ring (bicyclic) bond motifs is 2. The Hall–Kier alpha value is -4.45. The normalized spacial score (nSPS) is 18.2. The maximum absolute atomic E-state index is 12.5. The lowest BCUT2D eigenvalue weighted by Gasteiger charge is -2.44. The molecule has 2 aliphatic rings. The maximum Gasteiger partial charge on any atom is 0.171 e. The standard InChI is InChI=1S/C37H50ClN3OSi.C20H23NO.C16H24ClIN2Si/c1-26(2)43(27(3)4,28(5)6)41-21-20-33-35(34(38)23-39-36(33)41)37(7,42)31-18-19-32(22-31)40(24-29-14-10-8-11-15-29)25-30-16-12-9-13-17-30;22-16-19-11-12-20(13-19)21(14-17-7-3-1-4-8-17)15-18-9-5-2-6-10-18;1-10(2)21(11(3)4,12(5)6)20-8-7-13-15(18)14(17)9-19-16(13)20/h8-17,20-21,23,26-28,31-32,42H,18-19,22,24-25H2,1-7H3;1-10,16,19-20H,11-15H2;7-12H,1-6H3/t31?,32-,37?;19?,20-;/m00./s1. The van der Waals surface area contributed by atoms with Gasteiger partial charge < -0.3 is 18.4 Å². The van der Waals surface area contributed by atoms with E-state index in [1.165, 1.54) is 27.6 Å². The highest BCUT2D eigenvalue weighted by atomic mass is 127. The van der Waals surface area contributed by atoms with Crippen LogP contribution in [0.1, 0.15) is 156 Å². The van der Waals surface area contributed by atoms with Gasteiger partial charge in [-0.2, -0.15) is 0 Å². The Morgan fingerprint density at radius 2 is 0.884 bits per heavy atom. The molecule has 1 N–H and O–H groups in total. The molecule has 0 radical (unpaired) electrons. The van der Waals surface area contributed by atoms with E-state index in [-0.39, 0.29) is 11.8 Å². The van der Waals surface area contributed by atoms with Gasteiger partial charge >= 0.3 is 0 Å². The SMILES string of the molecule is CC(C)[Si](C(C)C)(C(C)C)n1ccc2c(C(C)(O)C3CC[C@H](N(Cc4ccccc4)Cc4ccccc4)C3)c(Cl)cnc21.CC(C)[Si](C(C)C)(C(C)C)n1ccc2c(I)c(Cl)cnc21.O=CC1CC[C@H](N(Cc2ccccc2)Cc2ccccc2)C1. The molecule has 4 aromatic carbocycles. The van der Waals surface area contributed by atoms with Gasteiger partial charge in [0, 0.05) is 76.5 Å². The Morgan fingerprint density at radius 3 is 1.26 bits per heavy atom. The number of benzene rings is 4. The van der Waals surface area contributed by atoms with Crippen molar-refractivity contribution in [2.24, 2.45) is 11.8 Å². The second kappa shape index (κ2) is 29.9. The average molecular weight is 1340 g/mol. The molecule has 4 aromatic heterocycles. The molecule has 2 fully saturated rings. The predicted octanol–water partition coefficient (Wildman–Crippen LogP) is 20.2. The molecule has 3 unspecified atom stereocenters. The molecule has 0 aliphatic heterocycles. The fourth-order valence-electron chi connectivity index (χ4n) is 16.3. The zero-order chi connectivity index (χ0) is 62.1. The van der Waals surface area contributed by atoms with Crippen molar-refractivity contribution in [3.8, 4) is 0 Å². The van der Waals surface area contributed by atoms with Gasteiger partial charge in [-0.1, -0.05) is 228 Å². The number of rotatable bonds is 21. The fraction of sp³-hybridized carbons (Fsp3) is 0.466. The van der Waals surface area contributed by atoms with E-state index in [2.05, 4.69) is 275 Å². The minimum Gasteiger partial charge on any atom is -0.385 e. The summed E-state index contributed by atoms with van der Waals surface area (Å²) in [7, 11) is -3.77. The van der Waals surface area contributed by atoms with Crippen molar-refractivity contribution in [3.05, 3.63) is 200 Å². The van der Waals surface area contributed by atoms with Crippen LogP contribution >= 0.6 is 45.8 Å². The summed E-state index contributed by atoms with van der Waals surface area (Å²) in [5.74, 6) is 0.347. The molecule has 8 aromatic rings. The van der Waals surface area contributed by atoms with Crippen LogP contribution in [-0.2, 0) is 36.6 Å². The van der Waals surface area contributed by atoms with Crippen molar-refractivity contribution in [2.75, 3.05) is 0 Å². The van der Waals surface area contributed by atoms with E-state index in [0.717, 1.165) is 102 Å². The van der Waals surface area contributed by atoms with Crippen molar-refractivity contribution < 1.29 is 9.90 Å². The number of aldehydes is 1. The number of carbonyl (C=O) groups is 1. The Labute approximate surface area is 541 Å². The van der Waals surface area contributed by atoms with E-state index < -0.39 is 22.1 Å². The topological polar surface area (TPSA) is 79.4 Å². The molecule has 4 heterocycles. The molecule has 0 amide bonds. The van der Waals surface area contributed by atoms with Gasteiger partial charge in [0.1, 0.15) is 17.6 Å². The molecule has 8 nitrogen and oxygen atoms in total. The summed E-state index contributed by atoms with van der Waals surface area (Å²) < 4.78 is 6.16. The van der Waals surface area contributed by atoms with Crippen LogP contribution in [0.3, 0.4) is 0 Å². The van der Waals surface area contributed by atoms with Gasteiger partial charge in [-0.25, -0.2) is 9.97 Å². The van der Waals surface area contributed by atoms with Gasteiger partial charge in [0.25, 0.3) is 0 Å². The molecule has 10 rings (SSSR count). The lowest BCUT2D eigenvalue weighted by molar-refractivity contribution is -0.111. The number of aromatic nitrogens is 4. The van der Waals surface area contributed by atoms with Crippen molar-refractivity contribution in [1.82, 2.24) is 28.2 Å². The first-order valence-electron chi connectivity index (χ1n) is 31.9. The largest absolute Gasteiger partial charge is 0.385 e. The molecular formula is C73H97Cl2IN6O2Si2. The van der Waals surface area contributed by atoms with E-state index in [4.69, 9.17) is 28.2 Å². The number of hydrogen-bond donors (Lipinski definition) is 1. The first kappa shape index (κ1) is 67.5. The minimum atomic E-state index is -2.02. The van der Waals surface area contributed by atoms with Gasteiger partial charge in [0.2, 0.25) is 0 Å². The first-order chi connectivity index (χ1) is 41.1. The Kier molecular flexibility index (Phi) is 23.5. The third-order valence-electron chi connectivity index (χ3n) is 19.9. The third-order valence-corrected chi connectivity index (χ3v) is 35.5. The van der Waals surface area contributed by atoms with Crippen LogP contribution in [0.4, 0.5) is 0 Å². The van der Waals surface area contributed by atoms with Crippen molar-refractivity contribution >= 4 is 90.6 Å². The minimum absolute atomic E-state index is 0.0975. The Bertz CT molecular complexity index is 3280. The van der Waals surface area contributed by atoms with Crippen molar-refractivity contribution in [1.29, 1.82) is 0 Å². The highest BCUT2D eigenvalue weighted by Crippen LogP contribution is 2.50. The molecule has 0 spiro atoms. The number of hydrogen-bond acceptors (Lipinski definition) is 6. The quantitative estimate of drug-likeness (QED) is 0.0439. The number of pyridine rings is 2. The van der Waals surface area contributed by atoms with E-state index in [0.29, 0.717) is 50.4 Å². The summed E-state index contributed by atoms with van der Waals surface area (Å²) in [6.07, 6.45) is 15.3. The Balaban J connectivity index is 0.000000187. The second-order valence-corrected chi connectivity index (χ2v) is 40.2. The lowest BCUT2D eigenvalue weighted by Crippen LogP contribution is -2.51. The summed E-state index contributed by atoms with van der Waals surface area (Å²) in [4.78, 5) is 25.8. The van der Waals surface area contributed by atoms with E-state index in [9.17, 15) is 9.90 Å². The van der Waals surface area contributed by atoms with Crippen LogP contribution in [-0.4, -0.2) is 68.2 Å². The van der Waals surface area contributed by atoms with Crippen LogP contribution in [0.25, 0.3) is 22.1 Å². The molecule has 5 atom stereocenters. The van der Waals surface area contributed by atoms with Crippen molar-refractivity contribution in [2.45, 2.75) is 206 Å². The highest BCUT2D eigenvalue weighted by molar-refractivity contribution is 14.1. The third kappa shape index (κ3) is 14.6. The highest BCUT2D eigenvalue weighted by Gasteiger charge is 2.49. The first-order valence-corrected chi connectivity index (χ1v) is 38.1. The summed E-state index contributed by atoms with van der Waals surface area (Å²) in [5.41, 5.74) is 10.8. The number of halogens is 3. The lowest BCUT2D eigenvalue weighted by atomic mass is 9.80. The van der Waals surface area contributed by atoms with E-state index in [1.54, 1.807) is 12.4 Å². The second-order valence-electron chi connectivity index (χ2n) is 26.9. The van der Waals surface area contributed by atoms with Gasteiger partial charge in [-0.15, -0.1) is 0 Å². The monoisotopic (exact) mass is 1340 g/mol. The van der Waals surface area contributed by atoms with Crippen LogP contribution in [0.2, 0.25) is 43.3 Å².